The molecular weight excluding hydrogens is 334 g/mol. The van der Waals surface area contributed by atoms with E-state index in [9.17, 15) is 9.59 Å². The minimum atomic E-state index is -0.749. The van der Waals surface area contributed by atoms with Crippen molar-refractivity contribution in [3.8, 4) is 5.75 Å². The quantitative estimate of drug-likeness (QED) is 0.697. The first-order valence-corrected chi connectivity index (χ1v) is 9.20. The van der Waals surface area contributed by atoms with Gasteiger partial charge in [-0.2, -0.15) is 0 Å². The van der Waals surface area contributed by atoms with Crippen LogP contribution in [-0.2, 0) is 16.0 Å². The van der Waals surface area contributed by atoms with Crippen LogP contribution in [0.15, 0.2) is 24.3 Å². The monoisotopic (exact) mass is 361 g/mol. The van der Waals surface area contributed by atoms with Crippen molar-refractivity contribution < 1.29 is 19.1 Å². The molecule has 2 aliphatic rings. The zero-order valence-electron chi connectivity index (χ0n) is 15.1. The molecular formula is C19H27N3O4. The Morgan fingerprint density at radius 1 is 1.31 bits per heavy atom. The summed E-state index contributed by atoms with van der Waals surface area (Å²) in [5.74, 6) is 1.12. The highest BCUT2D eigenvalue weighted by Gasteiger charge is 2.37. The number of nitrogens with one attached hydrogen (secondary N) is 3. The molecule has 2 fully saturated rings. The summed E-state index contributed by atoms with van der Waals surface area (Å²) in [5, 5.41) is 9.27. The Balaban J connectivity index is 1.50. The van der Waals surface area contributed by atoms with Gasteiger partial charge in [-0.15, -0.1) is 0 Å². The molecule has 3 rings (SSSR count). The number of carbonyl (C=O) groups is 2. The van der Waals surface area contributed by atoms with Crippen LogP contribution in [0.4, 0.5) is 4.79 Å². The van der Waals surface area contributed by atoms with E-state index in [1.807, 2.05) is 24.3 Å². The highest BCUT2D eigenvalue weighted by molar-refractivity contribution is 5.90. The Kier molecular flexibility index (Phi) is 6.46. The molecule has 1 amide bonds. The third-order valence-electron chi connectivity index (χ3n) is 5.00. The van der Waals surface area contributed by atoms with Crippen molar-refractivity contribution in [1.82, 2.24) is 16.0 Å². The first-order chi connectivity index (χ1) is 12.7. The number of hydrogen-bond donors (Lipinski definition) is 3. The Morgan fingerprint density at radius 3 is 2.81 bits per heavy atom. The predicted octanol–water partition coefficient (Wildman–Crippen LogP) is 0.873. The third kappa shape index (κ3) is 4.95. The van der Waals surface area contributed by atoms with Crippen LogP contribution in [0.2, 0.25) is 0 Å². The van der Waals surface area contributed by atoms with Gasteiger partial charge in [0.05, 0.1) is 19.7 Å². The van der Waals surface area contributed by atoms with Crippen molar-refractivity contribution in [3.05, 3.63) is 29.8 Å². The topological polar surface area (TPSA) is 88.7 Å². The summed E-state index contributed by atoms with van der Waals surface area (Å²) in [5.41, 5.74) is 1.06. The van der Waals surface area contributed by atoms with E-state index in [2.05, 4.69) is 16.0 Å². The van der Waals surface area contributed by atoms with E-state index in [1.165, 1.54) is 0 Å². The summed E-state index contributed by atoms with van der Waals surface area (Å²) in [6, 6.07) is 7.46. The maximum Gasteiger partial charge on any atom is 0.407 e. The van der Waals surface area contributed by atoms with E-state index in [0.717, 1.165) is 37.2 Å². The summed E-state index contributed by atoms with van der Waals surface area (Å²) >= 11 is 0. The Morgan fingerprint density at radius 2 is 2.12 bits per heavy atom. The predicted molar refractivity (Wildman–Crippen MR) is 97.4 cm³/mol. The van der Waals surface area contributed by atoms with Gasteiger partial charge in [-0.05, 0) is 56.0 Å². The number of ketones is 1. The van der Waals surface area contributed by atoms with Crippen molar-refractivity contribution in [2.45, 2.75) is 31.4 Å². The van der Waals surface area contributed by atoms with Gasteiger partial charge in [-0.25, -0.2) is 4.79 Å². The molecule has 0 radical (unpaired) electrons. The second-order valence-electron chi connectivity index (χ2n) is 6.93. The first kappa shape index (κ1) is 18.7. The molecule has 2 heterocycles. The van der Waals surface area contributed by atoms with Crippen molar-refractivity contribution in [2.75, 3.05) is 33.3 Å². The number of rotatable bonds is 6. The Bertz CT molecular complexity index is 614. The van der Waals surface area contributed by atoms with Crippen LogP contribution in [-0.4, -0.2) is 57.3 Å². The van der Waals surface area contributed by atoms with Gasteiger partial charge in [0.15, 0.2) is 11.9 Å². The zero-order valence-corrected chi connectivity index (χ0v) is 15.1. The van der Waals surface area contributed by atoms with E-state index >= 15 is 0 Å². The van der Waals surface area contributed by atoms with Crippen LogP contribution in [0.1, 0.15) is 18.4 Å². The van der Waals surface area contributed by atoms with Gasteiger partial charge in [0.2, 0.25) is 0 Å². The highest BCUT2D eigenvalue weighted by Crippen LogP contribution is 2.17. The van der Waals surface area contributed by atoms with Crippen molar-refractivity contribution in [3.63, 3.8) is 0 Å². The maximum atomic E-state index is 12.1. The average molecular weight is 361 g/mol. The van der Waals surface area contributed by atoms with Crippen LogP contribution in [0.5, 0.6) is 5.75 Å². The number of Topliss-reactive ketones (excluding diaryl/α,β-unsaturated/α-hetero) is 1. The molecule has 7 heteroatoms. The van der Waals surface area contributed by atoms with Crippen LogP contribution in [0, 0.1) is 5.92 Å². The molecule has 1 aromatic carbocycles. The minimum absolute atomic E-state index is 0.0852. The lowest BCUT2D eigenvalue weighted by atomic mass is 10.00. The number of benzene rings is 1. The SMILES string of the molecule is COc1ccc(C[C@H]2NCC(=O)[C@H]2OC(=O)NC[C@H]2CCCNC2)cc1. The van der Waals surface area contributed by atoms with E-state index in [0.29, 0.717) is 18.9 Å². The molecule has 3 N–H and O–H groups in total. The summed E-state index contributed by atoms with van der Waals surface area (Å²) in [7, 11) is 1.62. The number of hydrogen-bond acceptors (Lipinski definition) is 6. The molecule has 7 nitrogen and oxygen atoms in total. The smallest absolute Gasteiger partial charge is 0.407 e. The molecule has 2 saturated heterocycles. The van der Waals surface area contributed by atoms with E-state index in [-0.39, 0.29) is 18.4 Å². The molecule has 26 heavy (non-hydrogen) atoms. The fourth-order valence-electron chi connectivity index (χ4n) is 3.49. The number of amides is 1. The Labute approximate surface area is 153 Å². The molecule has 142 valence electrons. The average Bonchev–Trinajstić information content (AvgIpc) is 3.01. The molecule has 0 aliphatic carbocycles. The number of ether oxygens (including phenoxy) is 2. The Hall–Kier alpha value is -2.12. The lowest BCUT2D eigenvalue weighted by Crippen LogP contribution is -2.42. The minimum Gasteiger partial charge on any atom is -0.497 e. The molecule has 0 unspecified atom stereocenters. The fraction of sp³-hybridized carbons (Fsp3) is 0.579. The van der Waals surface area contributed by atoms with Crippen LogP contribution in [0.25, 0.3) is 0 Å². The highest BCUT2D eigenvalue weighted by atomic mass is 16.6. The first-order valence-electron chi connectivity index (χ1n) is 9.20. The van der Waals surface area contributed by atoms with E-state index in [4.69, 9.17) is 9.47 Å². The molecule has 0 saturated carbocycles. The van der Waals surface area contributed by atoms with Gasteiger partial charge in [-0.1, -0.05) is 12.1 Å². The molecule has 0 aromatic heterocycles. The lowest BCUT2D eigenvalue weighted by molar-refractivity contribution is -0.123. The normalized spacial score (nSPS) is 25.7. The summed E-state index contributed by atoms with van der Waals surface area (Å²) in [6.45, 7) is 2.75. The van der Waals surface area contributed by atoms with Gasteiger partial charge in [-0.3, -0.25) is 4.79 Å². The second-order valence-corrected chi connectivity index (χ2v) is 6.93. The zero-order chi connectivity index (χ0) is 18.4. The lowest BCUT2D eigenvalue weighted by Gasteiger charge is -2.24. The van der Waals surface area contributed by atoms with Crippen LogP contribution in [0.3, 0.4) is 0 Å². The maximum absolute atomic E-state index is 12.1. The number of methoxy groups -OCH3 is 1. The van der Waals surface area contributed by atoms with Gasteiger partial charge in [0, 0.05) is 6.54 Å². The van der Waals surface area contributed by atoms with Crippen LogP contribution >= 0.6 is 0 Å². The second kappa shape index (κ2) is 9.00. The number of alkyl carbamates (subject to hydrolysis) is 1. The van der Waals surface area contributed by atoms with Crippen molar-refractivity contribution in [1.29, 1.82) is 0 Å². The third-order valence-corrected chi connectivity index (χ3v) is 5.00. The number of carbonyl (C=O) groups excluding carboxylic acids is 2. The molecule has 0 spiro atoms. The van der Waals surface area contributed by atoms with Gasteiger partial charge in [0.1, 0.15) is 5.75 Å². The van der Waals surface area contributed by atoms with Gasteiger partial charge in [0.25, 0.3) is 0 Å². The molecule has 0 bridgehead atoms. The largest absolute Gasteiger partial charge is 0.497 e. The van der Waals surface area contributed by atoms with Crippen molar-refractivity contribution in [2.24, 2.45) is 5.92 Å². The molecule has 1 aromatic rings. The number of piperidine rings is 1. The van der Waals surface area contributed by atoms with E-state index in [1.54, 1.807) is 7.11 Å². The molecule has 3 atom stereocenters. The summed E-state index contributed by atoms with van der Waals surface area (Å²) in [6.07, 6.45) is 1.56. The van der Waals surface area contributed by atoms with E-state index < -0.39 is 12.2 Å². The van der Waals surface area contributed by atoms with Crippen LogP contribution < -0.4 is 20.7 Å². The summed E-state index contributed by atoms with van der Waals surface area (Å²) in [4.78, 5) is 24.2. The standard InChI is InChI=1S/C19H27N3O4/c1-25-15-6-4-13(5-7-15)9-16-18(17(23)12-21-16)26-19(24)22-11-14-3-2-8-20-10-14/h4-7,14,16,18,20-21H,2-3,8-12H2,1H3,(H,22,24)/t14-,16+,18-/m0/s1. The van der Waals surface area contributed by atoms with Gasteiger partial charge < -0.3 is 25.4 Å². The van der Waals surface area contributed by atoms with Crippen molar-refractivity contribution >= 4 is 11.9 Å². The summed E-state index contributed by atoms with van der Waals surface area (Å²) < 4.78 is 10.6. The van der Waals surface area contributed by atoms with Gasteiger partial charge >= 0.3 is 6.09 Å². The fourth-order valence-corrected chi connectivity index (χ4v) is 3.49. The molecule has 2 aliphatic heterocycles.